The number of rotatable bonds is 7. The summed E-state index contributed by atoms with van der Waals surface area (Å²) in [6, 6.07) is 6.99. The predicted molar refractivity (Wildman–Crippen MR) is 121 cm³/mol. The molecule has 0 spiro atoms. The van der Waals surface area contributed by atoms with Crippen molar-refractivity contribution in [2.45, 2.75) is 57.3 Å². The van der Waals surface area contributed by atoms with Gasteiger partial charge >= 0.3 is 10.2 Å². The third-order valence-electron chi connectivity index (χ3n) is 6.40. The van der Waals surface area contributed by atoms with E-state index in [-0.39, 0.29) is 5.96 Å². The number of likely N-dealkylation sites (tertiary alicyclic amines) is 1. The smallest absolute Gasteiger partial charge is 0.325 e. The Kier molecular flexibility index (Phi) is 7.00. The van der Waals surface area contributed by atoms with E-state index in [2.05, 4.69) is 37.5 Å². The van der Waals surface area contributed by atoms with Crippen LogP contribution in [-0.2, 0) is 16.6 Å². The summed E-state index contributed by atoms with van der Waals surface area (Å²) in [6.45, 7) is 3.55. The van der Waals surface area contributed by atoms with Crippen LogP contribution >= 0.6 is 0 Å². The first kappa shape index (κ1) is 22.3. The van der Waals surface area contributed by atoms with E-state index >= 15 is 0 Å². The van der Waals surface area contributed by atoms with E-state index in [4.69, 9.17) is 10.5 Å². The highest BCUT2D eigenvalue weighted by molar-refractivity contribution is 7.88. The van der Waals surface area contributed by atoms with E-state index in [9.17, 15) is 8.42 Å². The second kappa shape index (κ2) is 9.72. The van der Waals surface area contributed by atoms with Crippen molar-refractivity contribution in [3.63, 3.8) is 0 Å². The van der Waals surface area contributed by atoms with Crippen molar-refractivity contribution < 1.29 is 13.2 Å². The third kappa shape index (κ3) is 5.31. The summed E-state index contributed by atoms with van der Waals surface area (Å²) in [5.41, 5.74) is 8.47. The molecule has 1 aromatic carbocycles. The van der Waals surface area contributed by atoms with Gasteiger partial charge < -0.3 is 15.4 Å². The minimum Gasteiger partial charge on any atom is -0.493 e. The molecule has 10 heteroatoms. The lowest BCUT2D eigenvalue weighted by Crippen LogP contribution is -2.61. The number of hydrogen-bond donors (Lipinski definition) is 3. The van der Waals surface area contributed by atoms with Crippen molar-refractivity contribution in [3.05, 3.63) is 29.3 Å². The minimum atomic E-state index is -3.75. The van der Waals surface area contributed by atoms with Gasteiger partial charge in [-0.05, 0) is 68.8 Å². The first-order valence-corrected chi connectivity index (χ1v) is 12.7. The number of nitrogens with zero attached hydrogens (tertiary/aromatic N) is 3. The molecule has 2 unspecified atom stereocenters. The van der Waals surface area contributed by atoms with Crippen LogP contribution in [-0.4, -0.2) is 63.8 Å². The van der Waals surface area contributed by atoms with Gasteiger partial charge in [0.05, 0.1) is 6.61 Å². The molecule has 172 valence electrons. The zero-order chi connectivity index (χ0) is 21.8. The minimum absolute atomic E-state index is 0.0355. The molecule has 0 radical (unpaired) electrons. The van der Waals surface area contributed by atoms with Crippen LogP contribution in [0.1, 0.15) is 55.7 Å². The van der Waals surface area contributed by atoms with Gasteiger partial charge in [-0.2, -0.15) is 13.1 Å². The normalized spacial score (nSPS) is 26.2. The molecular weight excluding hydrogens is 416 g/mol. The number of benzene rings is 1. The first-order valence-electron chi connectivity index (χ1n) is 11.3. The second-order valence-corrected chi connectivity index (χ2v) is 9.91. The lowest BCUT2D eigenvalue weighted by atomic mass is 9.85. The van der Waals surface area contributed by atoms with Crippen LogP contribution in [0.5, 0.6) is 5.75 Å². The Morgan fingerprint density at radius 1 is 1.26 bits per heavy atom. The van der Waals surface area contributed by atoms with Crippen LogP contribution in [0, 0.1) is 0 Å². The molecule has 2 atom stereocenters. The number of nitrogens with two attached hydrogens (primary N) is 1. The Bertz CT molecular complexity index is 900. The molecule has 3 aliphatic rings. The number of hydrogen-bond acceptors (Lipinski definition) is 7. The summed E-state index contributed by atoms with van der Waals surface area (Å²) in [5.74, 6) is 0.956. The Balaban J connectivity index is 1.30. The predicted octanol–water partition coefficient (Wildman–Crippen LogP) is 1.29. The van der Waals surface area contributed by atoms with E-state index in [1.807, 2.05) is 0 Å². The Hall–Kier alpha value is -1.88. The average Bonchev–Trinajstić information content (AvgIpc) is 2.76. The molecule has 2 aliphatic heterocycles. The summed E-state index contributed by atoms with van der Waals surface area (Å²) in [7, 11) is -2.07. The highest BCUT2D eigenvalue weighted by Crippen LogP contribution is 2.39. The maximum absolute atomic E-state index is 11.7. The number of guanidine groups is 1. The molecule has 0 saturated carbocycles. The van der Waals surface area contributed by atoms with Gasteiger partial charge in [0, 0.05) is 19.6 Å². The van der Waals surface area contributed by atoms with Crippen molar-refractivity contribution in [2.75, 3.05) is 33.3 Å². The molecule has 9 nitrogen and oxygen atoms in total. The van der Waals surface area contributed by atoms with Gasteiger partial charge in [-0.1, -0.05) is 18.6 Å². The Morgan fingerprint density at radius 3 is 2.87 bits per heavy atom. The van der Waals surface area contributed by atoms with Crippen molar-refractivity contribution in [1.29, 1.82) is 0 Å². The molecule has 31 heavy (non-hydrogen) atoms. The van der Waals surface area contributed by atoms with Crippen LogP contribution < -0.4 is 20.5 Å². The summed E-state index contributed by atoms with van der Waals surface area (Å²) in [6.07, 6.45) is 7.59. The van der Waals surface area contributed by atoms with Gasteiger partial charge in [0.25, 0.3) is 0 Å². The molecular formula is C21H34N6O3S. The van der Waals surface area contributed by atoms with Gasteiger partial charge in [0.1, 0.15) is 5.75 Å². The maximum Gasteiger partial charge on any atom is 0.325 e. The Morgan fingerprint density at radius 2 is 2.06 bits per heavy atom. The Labute approximate surface area is 185 Å². The summed E-state index contributed by atoms with van der Waals surface area (Å²) in [4.78, 5) is 4.21. The largest absolute Gasteiger partial charge is 0.493 e. The van der Waals surface area contributed by atoms with Crippen LogP contribution in [0.2, 0.25) is 0 Å². The summed E-state index contributed by atoms with van der Waals surface area (Å²) in [5, 5.41) is 3.14. The molecule has 1 saturated heterocycles. The monoisotopic (exact) mass is 450 g/mol. The van der Waals surface area contributed by atoms with Crippen LogP contribution in [0.4, 0.5) is 0 Å². The highest BCUT2D eigenvalue weighted by atomic mass is 32.2. The third-order valence-corrected chi connectivity index (χ3v) is 7.35. The van der Waals surface area contributed by atoms with E-state index in [0.717, 1.165) is 18.6 Å². The zero-order valence-electron chi connectivity index (χ0n) is 18.2. The van der Waals surface area contributed by atoms with Crippen LogP contribution in [0.15, 0.2) is 22.6 Å². The topological polar surface area (TPSA) is 112 Å². The lowest BCUT2D eigenvalue weighted by Gasteiger charge is -2.38. The molecule has 0 aromatic heterocycles. The number of nitrogens with one attached hydrogen (secondary N) is 2. The standard InChI is InChI=1S/C21H34N6O3S/c1-26-20(22)24-31(28,29)25-21(26)23-12-7-15-30-19-11-6-8-16-17(19)9-5-10-18(16)27-13-3-2-4-14-27/h6,8,11,18,21,23,25H,2-5,7,9-10,12-15H2,1H3,(H2,22,24). The molecule has 2 heterocycles. The van der Waals surface area contributed by atoms with Crippen molar-refractivity contribution in [1.82, 2.24) is 19.8 Å². The second-order valence-electron chi connectivity index (χ2n) is 8.54. The summed E-state index contributed by atoms with van der Waals surface area (Å²) >= 11 is 0. The molecule has 1 fully saturated rings. The number of ether oxygens (including phenoxy) is 1. The SMILES string of the molecule is CN1C(N)=NS(=O)(=O)NC1NCCCOc1cccc2c1CCCC2N1CCCCC1. The van der Waals surface area contributed by atoms with Crippen molar-refractivity contribution in [3.8, 4) is 5.75 Å². The van der Waals surface area contributed by atoms with Gasteiger partial charge in [-0.3, -0.25) is 10.2 Å². The lowest BCUT2D eigenvalue weighted by molar-refractivity contribution is 0.147. The van der Waals surface area contributed by atoms with E-state index < -0.39 is 16.5 Å². The summed E-state index contributed by atoms with van der Waals surface area (Å²) < 4.78 is 35.4. The van der Waals surface area contributed by atoms with Crippen LogP contribution in [0.25, 0.3) is 0 Å². The molecule has 4 N–H and O–H groups in total. The average molecular weight is 451 g/mol. The van der Waals surface area contributed by atoms with Gasteiger partial charge in [-0.25, -0.2) is 0 Å². The van der Waals surface area contributed by atoms with Crippen molar-refractivity contribution in [2.24, 2.45) is 10.1 Å². The van der Waals surface area contributed by atoms with E-state index in [1.165, 1.54) is 56.3 Å². The van der Waals surface area contributed by atoms with Crippen molar-refractivity contribution >= 4 is 16.2 Å². The molecule has 1 aromatic rings. The molecule has 0 bridgehead atoms. The number of piperidine rings is 1. The fraction of sp³-hybridized carbons (Fsp3) is 0.667. The first-order chi connectivity index (χ1) is 14.9. The number of fused-ring (bicyclic) bond motifs is 1. The fourth-order valence-corrected chi connectivity index (χ4v) is 5.72. The van der Waals surface area contributed by atoms with Gasteiger partial charge in [-0.15, -0.1) is 4.40 Å². The molecule has 4 rings (SSSR count). The zero-order valence-corrected chi connectivity index (χ0v) is 19.0. The fourth-order valence-electron chi connectivity index (χ4n) is 4.77. The molecule has 1 aliphatic carbocycles. The van der Waals surface area contributed by atoms with E-state index in [0.29, 0.717) is 19.2 Å². The molecule has 0 amide bonds. The van der Waals surface area contributed by atoms with E-state index in [1.54, 1.807) is 11.9 Å². The van der Waals surface area contributed by atoms with Gasteiger partial charge in [0.15, 0.2) is 6.29 Å². The maximum atomic E-state index is 11.7. The highest BCUT2D eigenvalue weighted by Gasteiger charge is 2.29. The quantitative estimate of drug-likeness (QED) is 0.537. The van der Waals surface area contributed by atoms with Crippen LogP contribution in [0.3, 0.4) is 0 Å². The van der Waals surface area contributed by atoms with Gasteiger partial charge in [0.2, 0.25) is 5.96 Å².